The Labute approximate surface area is 177 Å². The molecule has 3 fully saturated rings. The summed E-state index contributed by atoms with van der Waals surface area (Å²) in [6, 6.07) is 6.89. The van der Waals surface area contributed by atoms with Crippen LogP contribution in [0.1, 0.15) is 45.1 Å². The lowest BCUT2D eigenvalue weighted by Crippen LogP contribution is -2.60. The van der Waals surface area contributed by atoms with Crippen molar-refractivity contribution in [3.8, 4) is 0 Å². The molecular formula is C24H32F3N3. The highest BCUT2D eigenvalue weighted by molar-refractivity contribution is 5.92. The Morgan fingerprint density at radius 1 is 1.07 bits per heavy atom. The Kier molecular flexibility index (Phi) is 5.97. The van der Waals surface area contributed by atoms with Crippen molar-refractivity contribution in [2.45, 2.75) is 52.1 Å². The van der Waals surface area contributed by atoms with Crippen molar-refractivity contribution >= 4 is 16.6 Å². The highest BCUT2D eigenvalue weighted by Gasteiger charge is 2.45. The van der Waals surface area contributed by atoms with Crippen molar-refractivity contribution in [3.63, 3.8) is 0 Å². The molecule has 3 nitrogen and oxygen atoms in total. The van der Waals surface area contributed by atoms with Gasteiger partial charge in [0.15, 0.2) is 0 Å². The summed E-state index contributed by atoms with van der Waals surface area (Å²) in [5.41, 5.74) is 2.56. The maximum atomic E-state index is 12.8. The zero-order valence-corrected chi connectivity index (χ0v) is 18.0. The molecule has 30 heavy (non-hydrogen) atoms. The summed E-state index contributed by atoms with van der Waals surface area (Å²) in [5, 5.41) is 0.837. The third-order valence-corrected chi connectivity index (χ3v) is 6.68. The predicted molar refractivity (Wildman–Crippen MR) is 116 cm³/mol. The molecule has 0 N–H and O–H groups in total. The van der Waals surface area contributed by atoms with Gasteiger partial charge >= 0.3 is 6.18 Å². The van der Waals surface area contributed by atoms with Gasteiger partial charge in [-0.3, -0.25) is 4.98 Å². The minimum absolute atomic E-state index is 0.303. The lowest BCUT2D eigenvalue weighted by molar-refractivity contribution is -0.127. The molecule has 164 valence electrons. The van der Waals surface area contributed by atoms with Crippen molar-refractivity contribution in [1.29, 1.82) is 0 Å². The molecule has 1 spiro atoms. The second-order valence-corrected chi connectivity index (χ2v) is 9.07. The lowest BCUT2D eigenvalue weighted by atomic mass is 9.72. The fourth-order valence-corrected chi connectivity index (χ4v) is 5.03. The van der Waals surface area contributed by atoms with Gasteiger partial charge in [-0.05, 0) is 60.8 Å². The molecular weight excluding hydrogens is 387 g/mol. The van der Waals surface area contributed by atoms with E-state index < -0.39 is 12.6 Å². The zero-order valence-electron chi connectivity index (χ0n) is 18.0. The summed E-state index contributed by atoms with van der Waals surface area (Å²) < 4.78 is 38.4. The van der Waals surface area contributed by atoms with Gasteiger partial charge in [-0.25, -0.2) is 0 Å². The fraction of sp³-hybridized carbons (Fsp3) is 0.625. The lowest BCUT2D eigenvalue weighted by Gasteiger charge is -2.54. The van der Waals surface area contributed by atoms with Crippen LogP contribution in [0.2, 0.25) is 0 Å². The van der Waals surface area contributed by atoms with Gasteiger partial charge in [0.25, 0.3) is 0 Å². The number of aromatic nitrogens is 1. The van der Waals surface area contributed by atoms with E-state index in [0.717, 1.165) is 35.6 Å². The van der Waals surface area contributed by atoms with Gasteiger partial charge in [-0.2, -0.15) is 13.2 Å². The first-order valence-electron chi connectivity index (χ1n) is 11.3. The van der Waals surface area contributed by atoms with Crippen LogP contribution in [0.5, 0.6) is 0 Å². The number of piperidine rings is 1. The van der Waals surface area contributed by atoms with Crippen LogP contribution in [0.3, 0.4) is 0 Å². The van der Waals surface area contributed by atoms with Gasteiger partial charge in [0.05, 0.1) is 11.9 Å². The van der Waals surface area contributed by atoms with E-state index in [1.165, 1.54) is 45.3 Å². The molecule has 0 radical (unpaired) electrons. The predicted octanol–water partition coefficient (Wildman–Crippen LogP) is 5.68. The first-order chi connectivity index (χ1) is 14.4. The topological polar surface area (TPSA) is 19.4 Å². The molecule has 3 heterocycles. The van der Waals surface area contributed by atoms with E-state index in [9.17, 15) is 13.2 Å². The molecule has 1 aromatic carbocycles. The number of hydrogen-bond acceptors (Lipinski definition) is 3. The first-order valence-corrected chi connectivity index (χ1v) is 11.3. The number of alkyl halides is 3. The molecule has 2 aliphatic heterocycles. The number of anilines is 1. The molecule has 1 aromatic heterocycles. The monoisotopic (exact) mass is 419 g/mol. The van der Waals surface area contributed by atoms with Crippen LogP contribution < -0.4 is 4.90 Å². The van der Waals surface area contributed by atoms with Crippen molar-refractivity contribution in [3.05, 3.63) is 36.0 Å². The van der Waals surface area contributed by atoms with Gasteiger partial charge in [0, 0.05) is 50.0 Å². The standard InChI is InChI=1S/C22H26F3N3.C2H6/c23-22(24,25)12-17-3-4-19-18(11-17)20(5-8-26-19)28-9-6-21(7-10-28)14-27(15-21)13-16-1-2-16;1-2/h3-5,8,11,16H,1-2,6-7,9-10,12-15H2;1-2H3. The van der Waals surface area contributed by atoms with Gasteiger partial charge in [0.1, 0.15) is 0 Å². The highest BCUT2D eigenvalue weighted by Crippen LogP contribution is 2.44. The Morgan fingerprint density at radius 3 is 2.40 bits per heavy atom. The SMILES string of the molecule is CC.FC(F)(F)Cc1ccc2nccc(N3CCC4(CC3)CN(CC3CC3)C4)c2c1. The largest absolute Gasteiger partial charge is 0.393 e. The van der Waals surface area contributed by atoms with Gasteiger partial charge in [0.2, 0.25) is 0 Å². The van der Waals surface area contributed by atoms with E-state index in [-0.39, 0.29) is 0 Å². The number of likely N-dealkylation sites (tertiary alicyclic amines) is 1. The highest BCUT2D eigenvalue weighted by atomic mass is 19.4. The van der Waals surface area contributed by atoms with E-state index in [2.05, 4.69) is 14.8 Å². The van der Waals surface area contributed by atoms with Crippen molar-refractivity contribution in [2.75, 3.05) is 37.6 Å². The van der Waals surface area contributed by atoms with E-state index >= 15 is 0 Å². The summed E-state index contributed by atoms with van der Waals surface area (Å²) in [5.74, 6) is 0.950. The van der Waals surface area contributed by atoms with Crippen LogP contribution in [0.4, 0.5) is 18.9 Å². The molecule has 2 aromatic rings. The van der Waals surface area contributed by atoms with Crippen LogP contribution >= 0.6 is 0 Å². The molecule has 2 saturated heterocycles. The third-order valence-electron chi connectivity index (χ3n) is 6.68. The number of nitrogens with zero attached hydrogens (tertiary/aromatic N) is 3. The van der Waals surface area contributed by atoms with Gasteiger partial charge in [-0.1, -0.05) is 19.9 Å². The van der Waals surface area contributed by atoms with Crippen LogP contribution in [-0.2, 0) is 6.42 Å². The van der Waals surface area contributed by atoms with Gasteiger partial charge < -0.3 is 9.80 Å². The van der Waals surface area contributed by atoms with E-state index in [1.54, 1.807) is 24.4 Å². The summed E-state index contributed by atoms with van der Waals surface area (Å²) >= 11 is 0. The van der Waals surface area contributed by atoms with Crippen LogP contribution in [0, 0.1) is 11.3 Å². The molecule has 0 unspecified atom stereocenters. The molecule has 0 amide bonds. The minimum atomic E-state index is -4.19. The summed E-state index contributed by atoms with van der Waals surface area (Å²) in [6.07, 6.45) is 1.83. The molecule has 0 bridgehead atoms. The maximum absolute atomic E-state index is 12.8. The number of fused-ring (bicyclic) bond motifs is 1. The third kappa shape index (κ3) is 4.74. The normalized spacial score (nSPS) is 21.3. The van der Waals surface area contributed by atoms with Gasteiger partial charge in [-0.15, -0.1) is 0 Å². The zero-order chi connectivity index (χ0) is 21.4. The Hall–Kier alpha value is -1.82. The van der Waals surface area contributed by atoms with Crippen LogP contribution in [-0.4, -0.2) is 48.8 Å². The smallest absolute Gasteiger partial charge is 0.371 e. The number of hydrogen-bond donors (Lipinski definition) is 0. The second-order valence-electron chi connectivity index (χ2n) is 9.07. The van der Waals surface area contributed by atoms with Crippen LogP contribution in [0.25, 0.3) is 10.9 Å². The molecule has 6 heteroatoms. The quantitative estimate of drug-likeness (QED) is 0.636. The van der Waals surface area contributed by atoms with E-state index in [0.29, 0.717) is 11.0 Å². The Bertz CT molecular complexity index is 860. The van der Waals surface area contributed by atoms with Crippen molar-refractivity contribution in [1.82, 2.24) is 9.88 Å². The molecule has 1 saturated carbocycles. The number of halogens is 3. The Morgan fingerprint density at radius 2 is 1.77 bits per heavy atom. The molecule has 1 aliphatic carbocycles. The second kappa shape index (κ2) is 8.37. The summed E-state index contributed by atoms with van der Waals surface area (Å²) in [6.45, 7) is 9.68. The molecule has 3 aliphatic rings. The van der Waals surface area contributed by atoms with E-state index in [4.69, 9.17) is 0 Å². The molecule has 5 rings (SSSR count). The molecule has 0 atom stereocenters. The average molecular weight is 420 g/mol. The van der Waals surface area contributed by atoms with Crippen molar-refractivity contribution < 1.29 is 13.2 Å². The summed E-state index contributed by atoms with van der Waals surface area (Å²) in [4.78, 5) is 9.31. The number of rotatable bonds is 4. The maximum Gasteiger partial charge on any atom is 0.393 e. The van der Waals surface area contributed by atoms with Crippen molar-refractivity contribution in [2.24, 2.45) is 11.3 Å². The Balaban J connectivity index is 0.00000106. The first kappa shape index (κ1) is 21.4. The number of pyridine rings is 1. The van der Waals surface area contributed by atoms with E-state index in [1.807, 2.05) is 19.9 Å². The number of benzene rings is 1. The summed E-state index contributed by atoms with van der Waals surface area (Å²) in [7, 11) is 0. The minimum Gasteiger partial charge on any atom is -0.371 e. The van der Waals surface area contributed by atoms with Crippen LogP contribution in [0.15, 0.2) is 30.5 Å². The average Bonchev–Trinajstić information content (AvgIpc) is 3.51. The fourth-order valence-electron chi connectivity index (χ4n) is 5.03.